The van der Waals surface area contributed by atoms with E-state index in [9.17, 15) is 0 Å². The molecule has 0 spiro atoms. The van der Waals surface area contributed by atoms with E-state index in [1.807, 2.05) is 61.5 Å². The minimum atomic E-state index is 0.0367. The summed E-state index contributed by atoms with van der Waals surface area (Å²) in [7, 11) is 1.84. The number of anilines is 1. The van der Waals surface area contributed by atoms with Crippen LogP contribution < -0.4 is 10.2 Å². The Morgan fingerprint density at radius 2 is 1.83 bits per heavy atom. The Bertz CT molecular complexity index is 586. The van der Waals surface area contributed by atoms with Gasteiger partial charge in [-0.1, -0.05) is 6.58 Å². The normalized spacial score (nSPS) is 12.1. The lowest BCUT2D eigenvalue weighted by atomic mass is 10.2. The molecule has 0 aromatic heterocycles. The third-order valence-corrected chi connectivity index (χ3v) is 3.16. The summed E-state index contributed by atoms with van der Waals surface area (Å²) >= 11 is 0. The molecule has 1 aromatic rings. The van der Waals surface area contributed by atoms with E-state index in [0.29, 0.717) is 24.5 Å². The van der Waals surface area contributed by atoms with Gasteiger partial charge in [-0.2, -0.15) is 10.2 Å². The summed E-state index contributed by atoms with van der Waals surface area (Å²) in [5, 5.41) is 29.3. The Balaban J connectivity index is 2.72. The van der Waals surface area contributed by atoms with Crippen molar-refractivity contribution in [2.75, 3.05) is 38.3 Å². The molecule has 0 bridgehead atoms. The number of benzene rings is 1. The van der Waals surface area contributed by atoms with Crippen molar-refractivity contribution in [2.24, 2.45) is 10.2 Å². The molecular weight excluding hydrogens is 304 g/mol. The van der Waals surface area contributed by atoms with E-state index >= 15 is 0 Å². The van der Waals surface area contributed by atoms with Crippen LogP contribution in [0.1, 0.15) is 6.92 Å². The second kappa shape index (κ2) is 11.2. The first-order valence-electron chi connectivity index (χ1n) is 7.80. The van der Waals surface area contributed by atoms with Crippen molar-refractivity contribution >= 4 is 11.4 Å². The molecule has 0 radical (unpaired) electrons. The van der Waals surface area contributed by atoms with Crippen LogP contribution in [0.5, 0.6) is 0 Å². The first-order valence-corrected chi connectivity index (χ1v) is 7.80. The molecule has 0 aliphatic rings. The van der Waals surface area contributed by atoms with Crippen molar-refractivity contribution in [1.82, 2.24) is 5.32 Å². The molecule has 0 saturated heterocycles. The lowest BCUT2D eigenvalue weighted by molar-refractivity contribution is 0.281. The van der Waals surface area contributed by atoms with E-state index in [-0.39, 0.29) is 13.2 Å². The van der Waals surface area contributed by atoms with Gasteiger partial charge in [0.05, 0.1) is 24.6 Å². The fraction of sp³-hybridized carbons (Fsp3) is 0.333. The van der Waals surface area contributed by atoms with Crippen LogP contribution in [0.15, 0.2) is 70.7 Å². The molecule has 1 aromatic carbocycles. The van der Waals surface area contributed by atoms with Gasteiger partial charge >= 0.3 is 0 Å². The number of nitrogens with zero attached hydrogens (tertiary/aromatic N) is 3. The quantitative estimate of drug-likeness (QED) is 0.455. The fourth-order valence-corrected chi connectivity index (χ4v) is 2.02. The van der Waals surface area contributed by atoms with E-state index in [4.69, 9.17) is 10.2 Å². The summed E-state index contributed by atoms with van der Waals surface area (Å²) < 4.78 is 0. The van der Waals surface area contributed by atoms with Crippen LogP contribution in [-0.2, 0) is 0 Å². The molecule has 0 atom stereocenters. The SMILES string of the molecule is C=C(/C=C(C)\C=C/NC)N=Nc1ccc(N(CCO)CCO)cc1. The largest absolute Gasteiger partial charge is 0.395 e. The van der Waals surface area contributed by atoms with Gasteiger partial charge < -0.3 is 20.4 Å². The predicted octanol–water partition coefficient (Wildman–Crippen LogP) is 2.75. The van der Waals surface area contributed by atoms with Crippen molar-refractivity contribution in [1.29, 1.82) is 0 Å². The minimum absolute atomic E-state index is 0.0367. The van der Waals surface area contributed by atoms with Gasteiger partial charge in [0.15, 0.2) is 0 Å². The summed E-state index contributed by atoms with van der Waals surface area (Å²) in [5.74, 6) is 0. The maximum absolute atomic E-state index is 9.07. The zero-order chi connectivity index (χ0) is 17.8. The molecule has 0 amide bonds. The van der Waals surface area contributed by atoms with Crippen molar-refractivity contribution in [3.8, 4) is 0 Å². The number of rotatable bonds is 10. The van der Waals surface area contributed by atoms with Crippen LogP contribution in [0.4, 0.5) is 11.4 Å². The van der Waals surface area contributed by atoms with Crippen LogP contribution in [0.3, 0.4) is 0 Å². The van der Waals surface area contributed by atoms with E-state index in [0.717, 1.165) is 11.3 Å². The van der Waals surface area contributed by atoms with Gasteiger partial charge in [-0.05, 0) is 55.1 Å². The van der Waals surface area contributed by atoms with Gasteiger partial charge in [0.2, 0.25) is 0 Å². The molecule has 6 nitrogen and oxygen atoms in total. The fourth-order valence-electron chi connectivity index (χ4n) is 2.02. The zero-order valence-corrected chi connectivity index (χ0v) is 14.3. The van der Waals surface area contributed by atoms with E-state index in [2.05, 4.69) is 22.1 Å². The monoisotopic (exact) mass is 330 g/mol. The van der Waals surface area contributed by atoms with Crippen LogP contribution in [0.25, 0.3) is 0 Å². The first-order chi connectivity index (χ1) is 11.6. The summed E-state index contributed by atoms with van der Waals surface area (Å²) in [6.07, 6.45) is 5.60. The van der Waals surface area contributed by atoms with E-state index < -0.39 is 0 Å². The van der Waals surface area contributed by atoms with Crippen molar-refractivity contribution in [3.63, 3.8) is 0 Å². The first kappa shape index (κ1) is 19.6. The van der Waals surface area contributed by atoms with Gasteiger partial charge in [0, 0.05) is 25.8 Å². The third-order valence-electron chi connectivity index (χ3n) is 3.16. The van der Waals surface area contributed by atoms with Crippen LogP contribution >= 0.6 is 0 Å². The van der Waals surface area contributed by atoms with Crippen molar-refractivity contribution in [2.45, 2.75) is 6.92 Å². The highest BCUT2D eigenvalue weighted by Gasteiger charge is 2.04. The lowest BCUT2D eigenvalue weighted by Gasteiger charge is -2.22. The smallest absolute Gasteiger partial charge is 0.0858 e. The van der Waals surface area contributed by atoms with Gasteiger partial charge in [-0.15, -0.1) is 0 Å². The second-order valence-corrected chi connectivity index (χ2v) is 5.15. The van der Waals surface area contributed by atoms with Crippen molar-refractivity contribution < 1.29 is 10.2 Å². The summed E-state index contributed by atoms with van der Waals surface area (Å²) in [6.45, 7) is 6.84. The maximum Gasteiger partial charge on any atom is 0.0858 e. The Morgan fingerprint density at radius 3 is 2.38 bits per heavy atom. The maximum atomic E-state index is 9.07. The molecular formula is C18H26N4O2. The number of allylic oxidation sites excluding steroid dienone is 3. The Kier molecular flexibility index (Phi) is 9.11. The Morgan fingerprint density at radius 1 is 1.21 bits per heavy atom. The van der Waals surface area contributed by atoms with Gasteiger partial charge in [0.25, 0.3) is 0 Å². The summed E-state index contributed by atoms with van der Waals surface area (Å²) in [4.78, 5) is 1.90. The number of aliphatic hydroxyl groups excluding tert-OH is 2. The summed E-state index contributed by atoms with van der Waals surface area (Å²) in [5.41, 5.74) is 3.22. The molecule has 0 fully saturated rings. The van der Waals surface area contributed by atoms with Gasteiger partial charge in [-0.3, -0.25) is 0 Å². The van der Waals surface area contributed by atoms with Crippen molar-refractivity contribution in [3.05, 3.63) is 60.5 Å². The molecule has 0 saturated carbocycles. The molecule has 3 N–H and O–H groups in total. The highest BCUT2D eigenvalue weighted by atomic mass is 16.3. The Labute approximate surface area is 143 Å². The van der Waals surface area contributed by atoms with Crippen LogP contribution in [0.2, 0.25) is 0 Å². The number of azo groups is 1. The molecule has 0 unspecified atom stereocenters. The van der Waals surface area contributed by atoms with E-state index in [1.165, 1.54) is 0 Å². The zero-order valence-electron chi connectivity index (χ0n) is 14.3. The van der Waals surface area contributed by atoms with Crippen LogP contribution in [0, 0.1) is 0 Å². The average Bonchev–Trinajstić information content (AvgIpc) is 2.58. The molecule has 24 heavy (non-hydrogen) atoms. The topological polar surface area (TPSA) is 80.5 Å². The van der Waals surface area contributed by atoms with Crippen LogP contribution in [-0.4, -0.2) is 43.6 Å². The predicted molar refractivity (Wildman–Crippen MR) is 98.4 cm³/mol. The molecule has 130 valence electrons. The number of aliphatic hydroxyl groups is 2. The standard InChI is InChI=1S/C18H26N4O2/c1-15(8-9-19-3)14-16(2)20-21-17-4-6-18(7-5-17)22(10-12-23)11-13-24/h4-9,14,19,23-24H,2,10-13H2,1,3H3/b9-8-,15-14-,21-20?. The van der Waals surface area contributed by atoms with Gasteiger partial charge in [0.1, 0.15) is 0 Å². The van der Waals surface area contributed by atoms with E-state index in [1.54, 1.807) is 0 Å². The molecule has 1 rings (SSSR count). The lowest BCUT2D eigenvalue weighted by Crippen LogP contribution is -2.29. The second-order valence-electron chi connectivity index (χ2n) is 5.15. The number of hydrogen-bond donors (Lipinski definition) is 3. The average molecular weight is 330 g/mol. The van der Waals surface area contributed by atoms with Gasteiger partial charge in [-0.25, -0.2) is 0 Å². The molecule has 0 heterocycles. The molecule has 0 aliphatic heterocycles. The number of hydrogen-bond acceptors (Lipinski definition) is 6. The minimum Gasteiger partial charge on any atom is -0.395 e. The molecule has 0 aliphatic carbocycles. The third kappa shape index (κ3) is 7.21. The molecule has 6 heteroatoms. The summed E-state index contributed by atoms with van der Waals surface area (Å²) in [6, 6.07) is 7.45. The highest BCUT2D eigenvalue weighted by Crippen LogP contribution is 2.20. The highest BCUT2D eigenvalue weighted by molar-refractivity contribution is 5.52. The number of nitrogens with one attached hydrogen (secondary N) is 1. The Hall–Kier alpha value is -2.44.